The van der Waals surface area contributed by atoms with Crippen molar-refractivity contribution in [3.8, 4) is 11.5 Å². The average Bonchev–Trinajstić information content (AvgIpc) is 2.71. The molecular weight excluding hydrogens is 416 g/mol. The van der Waals surface area contributed by atoms with E-state index in [1.807, 2.05) is 19.9 Å². The molecule has 0 radical (unpaired) electrons. The standard InChI is InChI=1S/C23H22N2O7/c1-12-7-13(2)9-16(8-12)25-21(27)17(20(26)24-23(25)30)10-15-5-6-18(19(11-15)31-4)32-14(3)22(28)29/h5-11,14H,1-4H3,(H,28,29)(H,24,26,30)/b17-10+/t14-/m0/s1. The van der Waals surface area contributed by atoms with Crippen LogP contribution in [0.25, 0.3) is 6.08 Å². The van der Waals surface area contributed by atoms with Gasteiger partial charge in [0, 0.05) is 0 Å². The molecule has 2 aromatic rings. The molecule has 0 saturated carbocycles. The van der Waals surface area contributed by atoms with Crippen LogP contribution >= 0.6 is 0 Å². The minimum Gasteiger partial charge on any atom is -0.493 e. The number of carbonyl (C=O) groups is 4. The van der Waals surface area contributed by atoms with E-state index in [2.05, 4.69) is 5.32 Å². The molecule has 4 amide bonds. The van der Waals surface area contributed by atoms with Crippen molar-refractivity contribution in [3.63, 3.8) is 0 Å². The van der Waals surface area contributed by atoms with Crippen molar-refractivity contribution < 1.29 is 33.8 Å². The lowest BCUT2D eigenvalue weighted by Gasteiger charge is -2.27. The number of aryl methyl sites for hydroxylation is 2. The molecule has 1 heterocycles. The molecule has 32 heavy (non-hydrogen) atoms. The minimum atomic E-state index is -1.14. The van der Waals surface area contributed by atoms with Crippen LogP contribution in [-0.2, 0) is 14.4 Å². The van der Waals surface area contributed by atoms with Gasteiger partial charge in [-0.25, -0.2) is 14.5 Å². The molecule has 3 rings (SSSR count). The van der Waals surface area contributed by atoms with Crippen LogP contribution in [0, 0.1) is 13.8 Å². The van der Waals surface area contributed by atoms with Crippen LogP contribution in [-0.4, -0.2) is 42.1 Å². The number of hydrogen-bond donors (Lipinski definition) is 2. The quantitative estimate of drug-likeness (QED) is 0.525. The Morgan fingerprint density at radius 3 is 2.31 bits per heavy atom. The third-order valence-corrected chi connectivity index (χ3v) is 4.72. The number of ether oxygens (including phenoxy) is 2. The number of urea groups is 1. The second-order valence-corrected chi connectivity index (χ2v) is 7.31. The van der Waals surface area contributed by atoms with Gasteiger partial charge in [0.05, 0.1) is 12.8 Å². The van der Waals surface area contributed by atoms with E-state index in [1.165, 1.54) is 38.3 Å². The fourth-order valence-corrected chi connectivity index (χ4v) is 3.25. The van der Waals surface area contributed by atoms with Crippen molar-refractivity contribution >= 4 is 35.6 Å². The van der Waals surface area contributed by atoms with Gasteiger partial charge in [-0.3, -0.25) is 14.9 Å². The van der Waals surface area contributed by atoms with Crippen LogP contribution in [0.4, 0.5) is 10.5 Å². The van der Waals surface area contributed by atoms with E-state index in [-0.39, 0.29) is 17.1 Å². The second kappa shape index (κ2) is 8.93. The molecule has 9 heteroatoms. The minimum absolute atomic E-state index is 0.191. The first-order chi connectivity index (χ1) is 15.1. The van der Waals surface area contributed by atoms with Crippen molar-refractivity contribution in [2.24, 2.45) is 0 Å². The zero-order valence-electron chi connectivity index (χ0n) is 18.0. The van der Waals surface area contributed by atoms with Gasteiger partial charge >= 0.3 is 12.0 Å². The van der Waals surface area contributed by atoms with E-state index in [0.717, 1.165) is 16.0 Å². The number of rotatable bonds is 6. The molecule has 1 aliphatic heterocycles. The Bertz CT molecular complexity index is 1130. The molecule has 9 nitrogen and oxygen atoms in total. The fraction of sp³-hybridized carbons (Fsp3) is 0.217. The number of amides is 4. The number of carbonyl (C=O) groups excluding carboxylic acids is 3. The van der Waals surface area contributed by atoms with Crippen molar-refractivity contribution in [1.82, 2.24) is 5.32 Å². The van der Waals surface area contributed by atoms with E-state index in [9.17, 15) is 19.2 Å². The van der Waals surface area contributed by atoms with E-state index in [4.69, 9.17) is 14.6 Å². The number of nitrogens with zero attached hydrogens (tertiary/aromatic N) is 1. The molecule has 0 bridgehead atoms. The second-order valence-electron chi connectivity index (χ2n) is 7.31. The smallest absolute Gasteiger partial charge is 0.344 e. The molecule has 166 valence electrons. The van der Waals surface area contributed by atoms with E-state index in [0.29, 0.717) is 11.3 Å². The summed E-state index contributed by atoms with van der Waals surface area (Å²) in [6.07, 6.45) is 0.225. The van der Waals surface area contributed by atoms with Crippen LogP contribution in [0.3, 0.4) is 0 Å². The molecule has 0 aliphatic carbocycles. The summed E-state index contributed by atoms with van der Waals surface area (Å²) in [5.41, 5.74) is 2.26. The topological polar surface area (TPSA) is 122 Å². The largest absolute Gasteiger partial charge is 0.493 e. The number of carboxylic acid groups (broad SMARTS) is 1. The summed E-state index contributed by atoms with van der Waals surface area (Å²) >= 11 is 0. The molecule has 2 N–H and O–H groups in total. The highest BCUT2D eigenvalue weighted by molar-refractivity contribution is 6.39. The van der Waals surface area contributed by atoms with Gasteiger partial charge in [0.1, 0.15) is 5.57 Å². The summed E-state index contributed by atoms with van der Waals surface area (Å²) in [7, 11) is 1.38. The number of aliphatic carboxylic acids is 1. The van der Waals surface area contributed by atoms with Crippen LogP contribution in [0.1, 0.15) is 23.6 Å². The maximum absolute atomic E-state index is 13.1. The first-order valence-electron chi connectivity index (χ1n) is 9.68. The molecule has 1 fully saturated rings. The first kappa shape index (κ1) is 22.5. The predicted molar refractivity (Wildman–Crippen MR) is 116 cm³/mol. The molecule has 2 aromatic carbocycles. The molecular formula is C23H22N2O7. The van der Waals surface area contributed by atoms with Crippen LogP contribution < -0.4 is 19.7 Å². The maximum Gasteiger partial charge on any atom is 0.344 e. The Morgan fingerprint density at radius 1 is 1.06 bits per heavy atom. The predicted octanol–water partition coefficient (Wildman–Crippen LogP) is 2.83. The molecule has 1 aliphatic rings. The Labute approximate surface area is 184 Å². The van der Waals surface area contributed by atoms with Crippen LogP contribution in [0.2, 0.25) is 0 Å². The van der Waals surface area contributed by atoms with Crippen molar-refractivity contribution in [2.75, 3.05) is 12.0 Å². The number of barbiturate groups is 1. The van der Waals surface area contributed by atoms with E-state index < -0.39 is 29.9 Å². The van der Waals surface area contributed by atoms with Crippen molar-refractivity contribution in [2.45, 2.75) is 26.9 Å². The van der Waals surface area contributed by atoms with Crippen LogP contribution in [0.15, 0.2) is 42.0 Å². The van der Waals surface area contributed by atoms with Gasteiger partial charge in [0.15, 0.2) is 17.6 Å². The first-order valence-corrected chi connectivity index (χ1v) is 9.68. The van der Waals surface area contributed by atoms with E-state index in [1.54, 1.807) is 12.1 Å². The van der Waals surface area contributed by atoms with Gasteiger partial charge in [-0.1, -0.05) is 12.1 Å². The van der Waals surface area contributed by atoms with Crippen molar-refractivity contribution in [3.05, 3.63) is 58.7 Å². The normalized spacial score (nSPS) is 16.1. The number of imide groups is 2. The summed E-state index contributed by atoms with van der Waals surface area (Å²) in [4.78, 5) is 49.8. The van der Waals surface area contributed by atoms with Gasteiger partial charge < -0.3 is 14.6 Å². The zero-order chi connectivity index (χ0) is 23.6. The molecule has 0 aromatic heterocycles. The van der Waals surface area contributed by atoms with E-state index >= 15 is 0 Å². The van der Waals surface area contributed by atoms with Crippen LogP contribution in [0.5, 0.6) is 11.5 Å². The highest BCUT2D eigenvalue weighted by atomic mass is 16.5. The Balaban J connectivity index is 1.97. The van der Waals surface area contributed by atoms with Gasteiger partial charge in [-0.15, -0.1) is 0 Å². The number of methoxy groups -OCH3 is 1. The number of nitrogens with one attached hydrogen (secondary N) is 1. The summed E-state index contributed by atoms with van der Waals surface area (Å²) in [5, 5.41) is 11.2. The molecule has 1 atom stereocenters. The molecule has 1 saturated heterocycles. The van der Waals surface area contributed by atoms with Crippen molar-refractivity contribution in [1.29, 1.82) is 0 Å². The highest BCUT2D eigenvalue weighted by Gasteiger charge is 2.37. The summed E-state index contributed by atoms with van der Waals surface area (Å²) in [6, 6.07) is 8.94. The average molecular weight is 438 g/mol. The third-order valence-electron chi connectivity index (χ3n) is 4.72. The lowest BCUT2D eigenvalue weighted by molar-refractivity contribution is -0.144. The molecule has 0 spiro atoms. The lowest BCUT2D eigenvalue weighted by atomic mass is 10.0. The van der Waals surface area contributed by atoms with Gasteiger partial charge in [-0.05, 0) is 67.8 Å². The Kier molecular flexibility index (Phi) is 6.29. The number of benzene rings is 2. The lowest BCUT2D eigenvalue weighted by Crippen LogP contribution is -2.54. The highest BCUT2D eigenvalue weighted by Crippen LogP contribution is 2.31. The summed E-state index contributed by atoms with van der Waals surface area (Å²) < 4.78 is 10.6. The van der Waals surface area contributed by atoms with Gasteiger partial charge in [0.25, 0.3) is 11.8 Å². The Hall–Kier alpha value is -4.14. The summed E-state index contributed by atoms with van der Waals surface area (Å²) in [6.45, 7) is 5.05. The fourth-order valence-electron chi connectivity index (χ4n) is 3.25. The number of anilines is 1. The van der Waals surface area contributed by atoms with Gasteiger partial charge in [0.2, 0.25) is 0 Å². The summed E-state index contributed by atoms with van der Waals surface area (Å²) in [5.74, 6) is -2.31. The van der Waals surface area contributed by atoms with Gasteiger partial charge in [-0.2, -0.15) is 0 Å². The third kappa shape index (κ3) is 4.61. The Morgan fingerprint density at radius 2 is 1.72 bits per heavy atom. The number of carboxylic acids is 1. The zero-order valence-corrected chi connectivity index (χ0v) is 18.0. The maximum atomic E-state index is 13.1. The monoisotopic (exact) mass is 438 g/mol. The molecule has 0 unspecified atom stereocenters. The number of hydrogen-bond acceptors (Lipinski definition) is 6. The SMILES string of the molecule is COc1cc(/C=C2\C(=O)NC(=O)N(c3cc(C)cc(C)c3)C2=O)ccc1O[C@@H](C)C(=O)O.